The molecule has 7 nitrogen and oxygen atoms in total. The number of piperazine rings is 1. The quantitative estimate of drug-likeness (QED) is 0.617. The summed E-state index contributed by atoms with van der Waals surface area (Å²) in [6, 6.07) is 12.9. The molecule has 1 aliphatic heterocycles. The molecule has 9 heteroatoms. The van der Waals surface area contributed by atoms with E-state index in [0.29, 0.717) is 19.5 Å². The third-order valence-corrected chi connectivity index (χ3v) is 5.86. The van der Waals surface area contributed by atoms with Crippen LogP contribution >= 0.6 is 0 Å². The van der Waals surface area contributed by atoms with Crippen LogP contribution in [0.15, 0.2) is 58.1 Å². The Balaban J connectivity index is 1.84. The molecule has 0 atom stereocenters. The summed E-state index contributed by atoms with van der Waals surface area (Å²) in [6.45, 7) is 1.97. The van der Waals surface area contributed by atoms with Gasteiger partial charge in [-0.05, 0) is 31.0 Å². The summed E-state index contributed by atoms with van der Waals surface area (Å²) in [5.74, 6) is -1.79. The molecule has 0 saturated carbocycles. The topological polar surface area (TPSA) is 76.3 Å². The van der Waals surface area contributed by atoms with E-state index in [2.05, 4.69) is 5.32 Å². The maximum atomic E-state index is 14.4. The zero-order valence-electron chi connectivity index (χ0n) is 18.2. The van der Waals surface area contributed by atoms with Crippen molar-refractivity contribution in [3.8, 4) is 0 Å². The highest BCUT2D eigenvalue weighted by atomic mass is 19.1. The van der Waals surface area contributed by atoms with Gasteiger partial charge in [-0.25, -0.2) is 13.6 Å². The number of carbonyl (C=O) groups excluding carboxylic acids is 1. The zero-order valence-corrected chi connectivity index (χ0v) is 18.2. The van der Waals surface area contributed by atoms with E-state index < -0.39 is 22.9 Å². The lowest BCUT2D eigenvalue weighted by atomic mass is 10.1. The molecule has 1 aromatic heterocycles. The molecule has 0 radical (unpaired) electrons. The van der Waals surface area contributed by atoms with Crippen LogP contribution in [0.4, 0.5) is 14.5 Å². The molecule has 0 bridgehead atoms. The van der Waals surface area contributed by atoms with E-state index in [0.717, 1.165) is 22.3 Å². The monoisotopic (exact) mass is 454 g/mol. The van der Waals surface area contributed by atoms with Gasteiger partial charge in [0.2, 0.25) is 5.91 Å². The predicted molar refractivity (Wildman–Crippen MR) is 121 cm³/mol. The molecule has 1 saturated heterocycles. The van der Waals surface area contributed by atoms with E-state index in [9.17, 15) is 23.2 Å². The van der Waals surface area contributed by atoms with Crippen molar-refractivity contribution < 1.29 is 13.6 Å². The summed E-state index contributed by atoms with van der Waals surface area (Å²) in [7, 11) is 0. The number of hydrogen-bond acceptors (Lipinski definition) is 4. The Morgan fingerprint density at radius 3 is 2.30 bits per heavy atom. The Bertz CT molecular complexity index is 1280. The number of aryl methyl sites for hydroxylation is 1. The van der Waals surface area contributed by atoms with Gasteiger partial charge in [-0.3, -0.25) is 18.7 Å². The van der Waals surface area contributed by atoms with E-state index in [1.165, 1.54) is 10.6 Å². The van der Waals surface area contributed by atoms with Gasteiger partial charge < -0.3 is 10.2 Å². The second kappa shape index (κ2) is 9.40. The maximum Gasteiger partial charge on any atom is 0.331 e. The Kier molecular flexibility index (Phi) is 6.39. The summed E-state index contributed by atoms with van der Waals surface area (Å²) in [4.78, 5) is 40.3. The molecular formula is C24H24F2N4O3. The largest absolute Gasteiger partial charge is 0.355 e. The number of aromatic nitrogens is 2. The van der Waals surface area contributed by atoms with Crippen LogP contribution in [-0.2, 0) is 24.3 Å². The third kappa shape index (κ3) is 4.57. The lowest BCUT2D eigenvalue weighted by Gasteiger charge is -2.30. The first-order chi connectivity index (χ1) is 15.9. The molecule has 1 amide bonds. The Morgan fingerprint density at radius 2 is 1.64 bits per heavy atom. The molecule has 0 unspecified atom stereocenters. The average molecular weight is 454 g/mol. The molecule has 1 aliphatic rings. The molecule has 0 spiro atoms. The van der Waals surface area contributed by atoms with Crippen LogP contribution in [0, 0.1) is 18.6 Å². The normalized spacial score (nSPS) is 13.8. The summed E-state index contributed by atoms with van der Waals surface area (Å²) in [5, 5.41) is 2.71. The molecule has 172 valence electrons. The van der Waals surface area contributed by atoms with Crippen molar-refractivity contribution in [2.75, 3.05) is 24.5 Å². The van der Waals surface area contributed by atoms with Crippen molar-refractivity contribution in [1.82, 2.24) is 14.5 Å². The molecule has 0 aliphatic carbocycles. The van der Waals surface area contributed by atoms with Gasteiger partial charge in [0.15, 0.2) is 0 Å². The first-order valence-electron chi connectivity index (χ1n) is 10.7. The molecular weight excluding hydrogens is 430 g/mol. The first-order valence-corrected chi connectivity index (χ1v) is 10.7. The average Bonchev–Trinajstić information content (AvgIpc) is 2.79. The highest BCUT2D eigenvalue weighted by Crippen LogP contribution is 2.18. The van der Waals surface area contributed by atoms with Crippen molar-refractivity contribution >= 4 is 11.6 Å². The van der Waals surface area contributed by atoms with Gasteiger partial charge in [-0.2, -0.15) is 0 Å². The highest BCUT2D eigenvalue weighted by molar-refractivity contribution is 5.82. The van der Waals surface area contributed by atoms with Crippen molar-refractivity contribution in [2.45, 2.75) is 26.4 Å². The minimum absolute atomic E-state index is 0.0406. The second-order valence-corrected chi connectivity index (χ2v) is 7.97. The number of nitrogens with one attached hydrogen (secondary N) is 1. The zero-order chi connectivity index (χ0) is 23.5. The smallest absolute Gasteiger partial charge is 0.331 e. The Morgan fingerprint density at radius 1 is 0.939 bits per heavy atom. The van der Waals surface area contributed by atoms with E-state index >= 15 is 0 Å². The predicted octanol–water partition coefficient (Wildman–Crippen LogP) is 1.82. The Hall–Kier alpha value is -3.75. The standard InChI is InChI=1S/C24H24F2N4O3/c1-16-22(28-13-11-27-21(31)15-28)23(32)29(12-10-17-6-3-2-4-7-17)24(33)30(16)14-18-19(25)8-5-9-20(18)26/h2-9H,10-15H2,1H3,(H,27,31). The lowest BCUT2D eigenvalue weighted by molar-refractivity contribution is -0.120. The number of amides is 1. The lowest BCUT2D eigenvalue weighted by Crippen LogP contribution is -2.52. The number of carbonyl (C=O) groups is 1. The van der Waals surface area contributed by atoms with Crippen LogP contribution in [0.5, 0.6) is 0 Å². The van der Waals surface area contributed by atoms with Crippen molar-refractivity contribution in [2.24, 2.45) is 0 Å². The van der Waals surface area contributed by atoms with Crippen LogP contribution in [0.3, 0.4) is 0 Å². The summed E-state index contributed by atoms with van der Waals surface area (Å²) >= 11 is 0. The summed E-state index contributed by atoms with van der Waals surface area (Å²) in [5.41, 5.74) is -0.0458. The van der Waals surface area contributed by atoms with Crippen LogP contribution in [0.2, 0.25) is 0 Å². The summed E-state index contributed by atoms with van der Waals surface area (Å²) < 4.78 is 31.0. The van der Waals surface area contributed by atoms with Gasteiger partial charge in [-0.15, -0.1) is 0 Å². The number of benzene rings is 2. The van der Waals surface area contributed by atoms with E-state index in [1.807, 2.05) is 30.3 Å². The van der Waals surface area contributed by atoms with Gasteiger partial charge in [0.05, 0.1) is 13.1 Å². The number of rotatable bonds is 6. The van der Waals surface area contributed by atoms with E-state index in [1.54, 1.807) is 11.8 Å². The van der Waals surface area contributed by atoms with Crippen molar-refractivity contribution in [1.29, 1.82) is 0 Å². The number of nitrogens with zero attached hydrogens (tertiary/aromatic N) is 3. The van der Waals surface area contributed by atoms with Gasteiger partial charge in [-0.1, -0.05) is 36.4 Å². The molecule has 1 fully saturated rings. The van der Waals surface area contributed by atoms with Gasteiger partial charge >= 0.3 is 5.69 Å². The second-order valence-electron chi connectivity index (χ2n) is 7.97. The van der Waals surface area contributed by atoms with Crippen LogP contribution in [0.1, 0.15) is 16.8 Å². The molecule has 2 aromatic carbocycles. The maximum absolute atomic E-state index is 14.4. The van der Waals surface area contributed by atoms with Gasteiger partial charge in [0.1, 0.15) is 17.3 Å². The Labute approximate surface area is 188 Å². The minimum atomic E-state index is -0.776. The van der Waals surface area contributed by atoms with Gasteiger partial charge in [0.25, 0.3) is 5.56 Å². The fraction of sp³-hybridized carbons (Fsp3) is 0.292. The SMILES string of the molecule is Cc1c(N2CCNC(=O)C2)c(=O)n(CCc2ccccc2)c(=O)n1Cc1c(F)cccc1F. The van der Waals surface area contributed by atoms with E-state index in [4.69, 9.17) is 0 Å². The fourth-order valence-corrected chi connectivity index (χ4v) is 4.09. The molecule has 33 heavy (non-hydrogen) atoms. The van der Waals surface area contributed by atoms with Crippen molar-refractivity contribution in [3.05, 3.63) is 97.8 Å². The third-order valence-electron chi connectivity index (χ3n) is 5.86. The fourth-order valence-electron chi connectivity index (χ4n) is 4.09. The molecule has 1 N–H and O–H groups in total. The summed E-state index contributed by atoms with van der Waals surface area (Å²) in [6.07, 6.45) is 0.424. The first kappa shape index (κ1) is 22.4. The van der Waals surface area contributed by atoms with Crippen LogP contribution in [-0.4, -0.2) is 34.7 Å². The number of hydrogen-bond donors (Lipinski definition) is 1. The minimum Gasteiger partial charge on any atom is -0.355 e. The molecule has 3 aromatic rings. The molecule has 2 heterocycles. The van der Waals surface area contributed by atoms with Crippen molar-refractivity contribution in [3.63, 3.8) is 0 Å². The van der Waals surface area contributed by atoms with E-state index in [-0.39, 0.29) is 42.5 Å². The number of anilines is 1. The van der Waals surface area contributed by atoms with Crippen LogP contribution in [0.25, 0.3) is 0 Å². The number of halogens is 2. The van der Waals surface area contributed by atoms with Crippen LogP contribution < -0.4 is 21.5 Å². The molecule has 4 rings (SSSR count). The van der Waals surface area contributed by atoms with Gasteiger partial charge in [0, 0.05) is 30.9 Å². The highest BCUT2D eigenvalue weighted by Gasteiger charge is 2.26.